The molecule has 1 saturated heterocycles. The molecule has 0 aromatic carbocycles. The number of nitrogens with zero attached hydrogens (tertiary/aromatic N) is 2. The number of aliphatic carboxylic acids is 1. The molecule has 6 heteroatoms. The van der Waals surface area contributed by atoms with Crippen LogP contribution in [0.25, 0.3) is 0 Å². The van der Waals surface area contributed by atoms with E-state index in [0.717, 1.165) is 25.9 Å². The molecule has 17 heavy (non-hydrogen) atoms. The Labute approximate surface area is 102 Å². The molecule has 0 atom stereocenters. The number of carbonyl (C=O) groups is 2. The standard InChI is InChI=1S/C11H21N3O3/c1-2-13(9-6-10(15)16)11(17)12-14-7-4-3-5-8-14/h2-9H2,1H3,(H,12,17)(H,15,16). The second kappa shape index (κ2) is 7.11. The van der Waals surface area contributed by atoms with Crippen molar-refractivity contribution in [2.75, 3.05) is 26.2 Å². The van der Waals surface area contributed by atoms with Crippen LogP contribution < -0.4 is 5.43 Å². The zero-order valence-electron chi connectivity index (χ0n) is 10.3. The maximum atomic E-state index is 11.8. The molecule has 1 heterocycles. The number of hydrogen-bond acceptors (Lipinski definition) is 3. The molecular formula is C11H21N3O3. The van der Waals surface area contributed by atoms with Gasteiger partial charge in [0.05, 0.1) is 6.42 Å². The summed E-state index contributed by atoms with van der Waals surface area (Å²) in [6, 6.07) is -0.198. The minimum Gasteiger partial charge on any atom is -0.481 e. The van der Waals surface area contributed by atoms with Gasteiger partial charge in [0.1, 0.15) is 0 Å². The van der Waals surface area contributed by atoms with Gasteiger partial charge in [0.15, 0.2) is 0 Å². The molecule has 0 spiro atoms. The van der Waals surface area contributed by atoms with Crippen molar-refractivity contribution >= 4 is 12.0 Å². The Kier molecular flexibility index (Phi) is 5.76. The molecule has 6 nitrogen and oxygen atoms in total. The van der Waals surface area contributed by atoms with E-state index in [-0.39, 0.29) is 19.0 Å². The van der Waals surface area contributed by atoms with Crippen molar-refractivity contribution < 1.29 is 14.7 Å². The number of carboxylic acid groups (broad SMARTS) is 1. The molecule has 0 bridgehead atoms. The number of urea groups is 1. The van der Waals surface area contributed by atoms with E-state index in [4.69, 9.17) is 5.11 Å². The fourth-order valence-electron chi connectivity index (χ4n) is 1.85. The smallest absolute Gasteiger partial charge is 0.331 e. The molecular weight excluding hydrogens is 222 g/mol. The van der Waals surface area contributed by atoms with Gasteiger partial charge in [-0.15, -0.1) is 0 Å². The Morgan fingerprint density at radius 2 is 1.94 bits per heavy atom. The molecule has 0 aromatic rings. The number of hydrazine groups is 1. The molecule has 2 N–H and O–H groups in total. The Balaban J connectivity index is 2.34. The average Bonchev–Trinajstić information content (AvgIpc) is 2.30. The van der Waals surface area contributed by atoms with Gasteiger partial charge in [0.25, 0.3) is 0 Å². The number of carboxylic acids is 1. The molecule has 0 aromatic heterocycles. The number of nitrogens with one attached hydrogen (secondary N) is 1. The van der Waals surface area contributed by atoms with Crippen molar-refractivity contribution in [3.63, 3.8) is 0 Å². The summed E-state index contributed by atoms with van der Waals surface area (Å²) in [6.45, 7) is 4.38. The SMILES string of the molecule is CCN(CCC(=O)O)C(=O)NN1CCCCC1. The summed E-state index contributed by atoms with van der Waals surface area (Å²) < 4.78 is 0. The zero-order valence-corrected chi connectivity index (χ0v) is 10.3. The van der Waals surface area contributed by atoms with Gasteiger partial charge in [0, 0.05) is 26.2 Å². The Bertz CT molecular complexity index is 265. The van der Waals surface area contributed by atoms with Gasteiger partial charge in [-0.1, -0.05) is 6.42 Å². The Morgan fingerprint density at radius 1 is 1.29 bits per heavy atom. The summed E-state index contributed by atoms with van der Waals surface area (Å²) in [5.41, 5.74) is 2.82. The van der Waals surface area contributed by atoms with E-state index in [1.54, 1.807) is 0 Å². The second-order valence-corrected chi connectivity index (χ2v) is 4.19. The predicted molar refractivity (Wildman–Crippen MR) is 63.5 cm³/mol. The molecule has 1 aliphatic rings. The van der Waals surface area contributed by atoms with E-state index in [9.17, 15) is 9.59 Å². The maximum Gasteiger partial charge on any atom is 0.331 e. The van der Waals surface area contributed by atoms with Gasteiger partial charge in [-0.2, -0.15) is 0 Å². The Hall–Kier alpha value is -1.30. The highest BCUT2D eigenvalue weighted by Crippen LogP contribution is 2.06. The van der Waals surface area contributed by atoms with Gasteiger partial charge in [-0.25, -0.2) is 9.80 Å². The van der Waals surface area contributed by atoms with Crippen LogP contribution in [0.5, 0.6) is 0 Å². The van der Waals surface area contributed by atoms with Crippen molar-refractivity contribution in [2.24, 2.45) is 0 Å². The molecule has 0 aliphatic carbocycles. The lowest BCUT2D eigenvalue weighted by molar-refractivity contribution is -0.137. The number of hydrogen-bond donors (Lipinski definition) is 2. The monoisotopic (exact) mass is 243 g/mol. The van der Waals surface area contributed by atoms with Gasteiger partial charge < -0.3 is 10.0 Å². The largest absolute Gasteiger partial charge is 0.481 e. The van der Waals surface area contributed by atoms with Crippen molar-refractivity contribution in [1.82, 2.24) is 15.3 Å². The van der Waals surface area contributed by atoms with Gasteiger partial charge in [-0.3, -0.25) is 10.2 Å². The Morgan fingerprint density at radius 3 is 2.47 bits per heavy atom. The van der Waals surface area contributed by atoms with Crippen molar-refractivity contribution in [2.45, 2.75) is 32.6 Å². The summed E-state index contributed by atoms with van der Waals surface area (Å²) in [6.07, 6.45) is 3.40. The molecule has 1 fully saturated rings. The molecule has 0 saturated carbocycles. The fourth-order valence-corrected chi connectivity index (χ4v) is 1.85. The fraction of sp³-hybridized carbons (Fsp3) is 0.818. The van der Waals surface area contributed by atoms with Crippen LogP contribution in [0, 0.1) is 0 Å². The first-order chi connectivity index (χ1) is 8.13. The van der Waals surface area contributed by atoms with Gasteiger partial charge in [-0.05, 0) is 19.8 Å². The lowest BCUT2D eigenvalue weighted by atomic mass is 10.2. The quantitative estimate of drug-likeness (QED) is 0.752. The van der Waals surface area contributed by atoms with Gasteiger partial charge >= 0.3 is 12.0 Å². The van der Waals surface area contributed by atoms with Crippen LogP contribution >= 0.6 is 0 Å². The van der Waals surface area contributed by atoms with Crippen molar-refractivity contribution in [1.29, 1.82) is 0 Å². The third-order valence-corrected chi connectivity index (χ3v) is 2.87. The molecule has 0 radical (unpaired) electrons. The number of piperidine rings is 1. The molecule has 1 aliphatic heterocycles. The van der Waals surface area contributed by atoms with Crippen LogP contribution in [0.15, 0.2) is 0 Å². The van der Waals surface area contributed by atoms with Crippen LogP contribution in [0.2, 0.25) is 0 Å². The van der Waals surface area contributed by atoms with E-state index >= 15 is 0 Å². The van der Waals surface area contributed by atoms with Crippen molar-refractivity contribution in [3.8, 4) is 0 Å². The van der Waals surface area contributed by atoms with E-state index in [2.05, 4.69) is 5.43 Å². The average molecular weight is 243 g/mol. The molecule has 1 rings (SSSR count). The van der Waals surface area contributed by atoms with E-state index < -0.39 is 5.97 Å². The van der Waals surface area contributed by atoms with Gasteiger partial charge in [0.2, 0.25) is 0 Å². The van der Waals surface area contributed by atoms with E-state index in [0.29, 0.717) is 6.54 Å². The summed E-state index contributed by atoms with van der Waals surface area (Å²) in [7, 11) is 0. The first kappa shape index (κ1) is 13.8. The zero-order chi connectivity index (χ0) is 12.7. The van der Waals surface area contributed by atoms with Crippen LogP contribution in [0.1, 0.15) is 32.6 Å². The third kappa shape index (κ3) is 5.04. The van der Waals surface area contributed by atoms with Crippen LogP contribution in [-0.4, -0.2) is 53.2 Å². The topological polar surface area (TPSA) is 72.9 Å². The first-order valence-corrected chi connectivity index (χ1v) is 6.15. The van der Waals surface area contributed by atoms with Crippen LogP contribution in [0.4, 0.5) is 4.79 Å². The summed E-state index contributed by atoms with van der Waals surface area (Å²) in [5.74, 6) is -0.880. The minimum atomic E-state index is -0.880. The normalized spacial score (nSPS) is 16.5. The first-order valence-electron chi connectivity index (χ1n) is 6.15. The highest BCUT2D eigenvalue weighted by Gasteiger charge is 2.17. The lowest BCUT2D eigenvalue weighted by Crippen LogP contribution is -2.51. The van der Waals surface area contributed by atoms with E-state index in [1.165, 1.54) is 11.3 Å². The second-order valence-electron chi connectivity index (χ2n) is 4.19. The highest BCUT2D eigenvalue weighted by molar-refractivity contribution is 5.74. The molecule has 2 amide bonds. The summed E-state index contributed by atoms with van der Waals surface area (Å²) in [5, 5.41) is 10.5. The number of amides is 2. The third-order valence-electron chi connectivity index (χ3n) is 2.87. The minimum absolute atomic E-state index is 0.0126. The molecule has 98 valence electrons. The maximum absolute atomic E-state index is 11.8. The summed E-state index contributed by atoms with van der Waals surface area (Å²) >= 11 is 0. The lowest BCUT2D eigenvalue weighted by Gasteiger charge is -2.30. The van der Waals surface area contributed by atoms with Crippen molar-refractivity contribution in [3.05, 3.63) is 0 Å². The number of carbonyl (C=O) groups excluding carboxylic acids is 1. The highest BCUT2D eigenvalue weighted by atomic mass is 16.4. The number of rotatable bonds is 5. The van der Waals surface area contributed by atoms with Crippen LogP contribution in [-0.2, 0) is 4.79 Å². The van der Waals surface area contributed by atoms with E-state index in [1.807, 2.05) is 11.9 Å². The molecule has 0 unspecified atom stereocenters. The summed E-state index contributed by atoms with van der Waals surface area (Å²) in [4.78, 5) is 23.8. The predicted octanol–water partition coefficient (Wildman–Crippen LogP) is 0.893. The van der Waals surface area contributed by atoms with Crippen LogP contribution in [0.3, 0.4) is 0 Å².